The van der Waals surface area contributed by atoms with E-state index in [9.17, 15) is 4.79 Å². The number of fused-ring (bicyclic) bond motifs is 1. The molecule has 2 aromatic heterocycles. The van der Waals surface area contributed by atoms with Gasteiger partial charge in [0.15, 0.2) is 0 Å². The SMILES string of the molecule is Cc1nn(-c2ccccc2)c(N)c1C(=O)c1ccc2ccccc2n1. The Labute approximate surface area is 144 Å². The predicted octanol–water partition coefficient (Wildman–Crippen LogP) is 3.54. The second-order valence-corrected chi connectivity index (χ2v) is 5.81. The molecule has 5 heteroatoms. The summed E-state index contributed by atoms with van der Waals surface area (Å²) in [5.74, 6) is 0.103. The number of carbonyl (C=O) groups is 1. The molecular formula is C20H16N4O. The van der Waals surface area contributed by atoms with Crippen molar-refractivity contribution in [1.82, 2.24) is 14.8 Å². The van der Waals surface area contributed by atoms with Crippen LogP contribution in [0.1, 0.15) is 21.7 Å². The molecule has 0 aliphatic carbocycles. The minimum absolute atomic E-state index is 0.220. The number of hydrogen-bond acceptors (Lipinski definition) is 4. The number of nitrogen functional groups attached to an aromatic ring is 1. The lowest BCUT2D eigenvalue weighted by molar-refractivity contribution is 0.103. The van der Waals surface area contributed by atoms with Crippen molar-refractivity contribution >= 4 is 22.5 Å². The van der Waals surface area contributed by atoms with Gasteiger partial charge in [0.1, 0.15) is 11.5 Å². The number of pyridine rings is 1. The van der Waals surface area contributed by atoms with E-state index in [1.807, 2.05) is 60.7 Å². The largest absolute Gasteiger partial charge is 0.383 e. The van der Waals surface area contributed by atoms with Crippen LogP contribution in [0.25, 0.3) is 16.6 Å². The van der Waals surface area contributed by atoms with Crippen LogP contribution < -0.4 is 5.73 Å². The van der Waals surface area contributed by atoms with E-state index in [0.29, 0.717) is 22.8 Å². The van der Waals surface area contributed by atoms with Crippen LogP contribution in [0.2, 0.25) is 0 Å². The first kappa shape index (κ1) is 15.1. The lowest BCUT2D eigenvalue weighted by Gasteiger charge is -2.05. The van der Waals surface area contributed by atoms with Crippen molar-refractivity contribution in [2.75, 3.05) is 5.73 Å². The smallest absolute Gasteiger partial charge is 0.216 e. The van der Waals surface area contributed by atoms with E-state index in [0.717, 1.165) is 16.6 Å². The van der Waals surface area contributed by atoms with Crippen LogP contribution in [-0.4, -0.2) is 20.5 Å². The van der Waals surface area contributed by atoms with Crippen LogP contribution in [0, 0.1) is 6.92 Å². The van der Waals surface area contributed by atoms with Gasteiger partial charge in [-0.3, -0.25) is 4.79 Å². The van der Waals surface area contributed by atoms with Crippen LogP contribution in [0.15, 0.2) is 66.7 Å². The number of benzene rings is 2. The number of anilines is 1. The molecular weight excluding hydrogens is 312 g/mol. The fourth-order valence-corrected chi connectivity index (χ4v) is 2.91. The fraction of sp³-hybridized carbons (Fsp3) is 0.0500. The van der Waals surface area contributed by atoms with Gasteiger partial charge in [0.2, 0.25) is 5.78 Å². The zero-order valence-corrected chi connectivity index (χ0v) is 13.7. The molecule has 0 bridgehead atoms. The molecule has 0 amide bonds. The molecule has 0 radical (unpaired) electrons. The second-order valence-electron chi connectivity index (χ2n) is 5.81. The molecule has 0 fully saturated rings. The second kappa shape index (κ2) is 5.87. The lowest BCUT2D eigenvalue weighted by atomic mass is 10.1. The van der Waals surface area contributed by atoms with Gasteiger partial charge in [-0.15, -0.1) is 0 Å². The predicted molar refractivity (Wildman–Crippen MR) is 97.9 cm³/mol. The van der Waals surface area contributed by atoms with Gasteiger partial charge in [0.25, 0.3) is 0 Å². The highest BCUT2D eigenvalue weighted by molar-refractivity contribution is 6.12. The normalized spacial score (nSPS) is 10.9. The van der Waals surface area contributed by atoms with Crippen molar-refractivity contribution in [2.45, 2.75) is 6.92 Å². The Kier molecular flexibility index (Phi) is 3.54. The van der Waals surface area contributed by atoms with E-state index in [1.54, 1.807) is 17.7 Å². The molecule has 122 valence electrons. The summed E-state index contributed by atoms with van der Waals surface area (Å²) in [5, 5.41) is 5.42. The van der Waals surface area contributed by atoms with Gasteiger partial charge in [-0.25, -0.2) is 9.67 Å². The summed E-state index contributed by atoms with van der Waals surface area (Å²) in [5.41, 5.74) is 9.17. The number of aryl methyl sites for hydroxylation is 1. The van der Waals surface area contributed by atoms with E-state index in [4.69, 9.17) is 5.73 Å². The summed E-state index contributed by atoms with van der Waals surface area (Å²) in [6, 6.07) is 20.8. The molecule has 0 saturated carbocycles. The zero-order chi connectivity index (χ0) is 17.4. The van der Waals surface area contributed by atoms with Crippen LogP contribution >= 0.6 is 0 Å². The van der Waals surface area contributed by atoms with Crippen molar-refractivity contribution in [3.05, 3.63) is 83.7 Å². The Morgan fingerprint density at radius 3 is 2.48 bits per heavy atom. The molecule has 0 aliphatic heterocycles. The zero-order valence-electron chi connectivity index (χ0n) is 13.7. The van der Waals surface area contributed by atoms with E-state index in [-0.39, 0.29) is 5.78 Å². The van der Waals surface area contributed by atoms with Gasteiger partial charge in [0.05, 0.1) is 22.5 Å². The Morgan fingerprint density at radius 1 is 0.960 bits per heavy atom. The van der Waals surface area contributed by atoms with E-state index < -0.39 is 0 Å². The molecule has 25 heavy (non-hydrogen) atoms. The highest BCUT2D eigenvalue weighted by Gasteiger charge is 2.22. The van der Waals surface area contributed by atoms with Crippen molar-refractivity contribution in [2.24, 2.45) is 0 Å². The first-order valence-electron chi connectivity index (χ1n) is 7.96. The minimum atomic E-state index is -0.220. The summed E-state index contributed by atoms with van der Waals surface area (Å²) in [6.07, 6.45) is 0. The highest BCUT2D eigenvalue weighted by Crippen LogP contribution is 2.24. The third kappa shape index (κ3) is 2.55. The van der Waals surface area contributed by atoms with Gasteiger partial charge in [-0.1, -0.05) is 42.5 Å². The third-order valence-corrected chi connectivity index (χ3v) is 4.16. The average molecular weight is 328 g/mol. The quantitative estimate of drug-likeness (QED) is 0.584. The summed E-state index contributed by atoms with van der Waals surface area (Å²) in [6.45, 7) is 1.78. The molecule has 4 rings (SSSR count). The van der Waals surface area contributed by atoms with E-state index in [2.05, 4.69) is 10.1 Å². The van der Waals surface area contributed by atoms with Crippen LogP contribution in [0.5, 0.6) is 0 Å². The lowest BCUT2D eigenvalue weighted by Crippen LogP contribution is -2.09. The summed E-state index contributed by atoms with van der Waals surface area (Å²) >= 11 is 0. The Balaban J connectivity index is 1.81. The molecule has 4 aromatic rings. The fourth-order valence-electron chi connectivity index (χ4n) is 2.91. The van der Waals surface area contributed by atoms with Crippen LogP contribution in [-0.2, 0) is 0 Å². The van der Waals surface area contributed by atoms with Gasteiger partial charge in [-0.05, 0) is 31.2 Å². The van der Waals surface area contributed by atoms with Crippen molar-refractivity contribution < 1.29 is 4.79 Å². The first-order valence-corrected chi connectivity index (χ1v) is 7.96. The number of hydrogen-bond donors (Lipinski definition) is 1. The highest BCUT2D eigenvalue weighted by atomic mass is 16.1. The van der Waals surface area contributed by atoms with Gasteiger partial charge < -0.3 is 5.73 Å². The maximum atomic E-state index is 13.0. The molecule has 0 aliphatic rings. The van der Waals surface area contributed by atoms with Crippen molar-refractivity contribution in [3.63, 3.8) is 0 Å². The van der Waals surface area contributed by atoms with Crippen molar-refractivity contribution in [3.8, 4) is 5.69 Å². The number of rotatable bonds is 3. The first-order chi connectivity index (χ1) is 12.1. The molecule has 0 saturated heterocycles. The van der Waals surface area contributed by atoms with Crippen molar-refractivity contribution in [1.29, 1.82) is 0 Å². The topological polar surface area (TPSA) is 73.8 Å². The van der Waals surface area contributed by atoms with Gasteiger partial charge in [-0.2, -0.15) is 5.10 Å². The molecule has 5 nitrogen and oxygen atoms in total. The number of para-hydroxylation sites is 2. The van der Waals surface area contributed by atoms with Gasteiger partial charge >= 0.3 is 0 Å². The summed E-state index contributed by atoms with van der Waals surface area (Å²) < 4.78 is 1.59. The number of nitrogens with zero attached hydrogens (tertiary/aromatic N) is 3. The maximum absolute atomic E-state index is 13.0. The van der Waals surface area contributed by atoms with E-state index in [1.165, 1.54) is 0 Å². The number of ketones is 1. The number of carbonyl (C=O) groups excluding carboxylic acids is 1. The number of aromatic nitrogens is 3. The Morgan fingerprint density at radius 2 is 1.68 bits per heavy atom. The minimum Gasteiger partial charge on any atom is -0.383 e. The molecule has 0 atom stereocenters. The monoisotopic (exact) mass is 328 g/mol. The Bertz CT molecular complexity index is 1080. The standard InChI is InChI=1S/C20H16N4O/c1-13-18(20(21)24(23-13)15-8-3-2-4-9-15)19(25)17-12-11-14-7-5-6-10-16(14)22-17/h2-12H,21H2,1H3. The average Bonchev–Trinajstić information content (AvgIpc) is 2.95. The molecule has 0 unspecified atom stereocenters. The summed E-state index contributed by atoms with van der Waals surface area (Å²) in [4.78, 5) is 17.5. The Hall–Kier alpha value is -3.47. The van der Waals surface area contributed by atoms with Gasteiger partial charge in [0, 0.05) is 5.39 Å². The summed E-state index contributed by atoms with van der Waals surface area (Å²) in [7, 11) is 0. The molecule has 0 spiro atoms. The van der Waals surface area contributed by atoms with Crippen LogP contribution in [0.4, 0.5) is 5.82 Å². The maximum Gasteiger partial charge on any atom is 0.216 e. The molecule has 2 aromatic carbocycles. The van der Waals surface area contributed by atoms with Crippen LogP contribution in [0.3, 0.4) is 0 Å². The molecule has 2 heterocycles. The molecule has 2 N–H and O–H groups in total. The third-order valence-electron chi connectivity index (χ3n) is 4.16. The number of nitrogens with two attached hydrogens (primary N) is 1. The van der Waals surface area contributed by atoms with E-state index >= 15 is 0 Å².